The standard InChI is InChI=1S/C23H19ClFN3O2S2/c1-31-23(27-32(29,30)20-13-11-19(25)12-14-20)28-15-21(16-5-3-2-4-6-16)22(26-28)17-7-9-18(24)10-8-17/h2-14,21H,15H2,1H3. The lowest BCUT2D eigenvalue weighted by molar-refractivity contribution is 0.484. The second-order valence-corrected chi connectivity index (χ2v) is 9.86. The van der Waals surface area contributed by atoms with Crippen LogP contribution < -0.4 is 0 Å². The number of hydrazone groups is 1. The van der Waals surface area contributed by atoms with Crippen molar-refractivity contribution in [3.05, 3.63) is 101 Å². The molecule has 0 bridgehead atoms. The number of nitrogens with zero attached hydrogens (tertiary/aromatic N) is 3. The number of benzene rings is 3. The predicted octanol–water partition coefficient (Wildman–Crippen LogP) is 5.39. The number of thioether (sulfide) groups is 1. The first-order valence-corrected chi connectivity index (χ1v) is 12.7. The molecule has 0 fully saturated rings. The van der Waals surface area contributed by atoms with Gasteiger partial charge in [-0.3, -0.25) is 0 Å². The maximum absolute atomic E-state index is 13.2. The van der Waals surface area contributed by atoms with Gasteiger partial charge < -0.3 is 0 Å². The van der Waals surface area contributed by atoms with Crippen molar-refractivity contribution in [3.63, 3.8) is 0 Å². The zero-order valence-corrected chi connectivity index (χ0v) is 19.4. The molecular weight excluding hydrogens is 469 g/mol. The highest BCUT2D eigenvalue weighted by atomic mass is 35.5. The molecule has 164 valence electrons. The SMILES string of the molecule is CSC(=NS(=O)(=O)c1ccc(F)cc1)N1CC(c2ccccc2)C(c2ccc(Cl)cc2)=N1. The van der Waals surface area contributed by atoms with E-state index in [9.17, 15) is 12.8 Å². The minimum absolute atomic E-state index is 0.0776. The van der Waals surface area contributed by atoms with Crippen LogP contribution in [0.25, 0.3) is 0 Å². The zero-order chi connectivity index (χ0) is 22.7. The van der Waals surface area contributed by atoms with E-state index in [1.807, 2.05) is 42.5 Å². The van der Waals surface area contributed by atoms with Crippen molar-refractivity contribution in [1.29, 1.82) is 0 Å². The Labute approximate surface area is 195 Å². The number of halogens is 2. The Morgan fingerprint density at radius 2 is 1.72 bits per heavy atom. The Morgan fingerprint density at radius 3 is 2.34 bits per heavy atom. The third kappa shape index (κ3) is 4.87. The Bertz CT molecular complexity index is 1260. The van der Waals surface area contributed by atoms with Gasteiger partial charge in [-0.25, -0.2) is 9.40 Å². The molecule has 1 heterocycles. The first kappa shape index (κ1) is 22.5. The maximum atomic E-state index is 13.2. The van der Waals surface area contributed by atoms with Gasteiger partial charge in [-0.1, -0.05) is 65.8 Å². The molecule has 0 aromatic heterocycles. The summed E-state index contributed by atoms with van der Waals surface area (Å²) in [6, 6.07) is 21.9. The molecule has 0 N–H and O–H groups in total. The van der Waals surface area contributed by atoms with E-state index in [0.29, 0.717) is 11.6 Å². The molecule has 9 heteroatoms. The highest BCUT2D eigenvalue weighted by molar-refractivity contribution is 8.13. The summed E-state index contributed by atoms with van der Waals surface area (Å²) in [5.74, 6) is -0.594. The smallest absolute Gasteiger partial charge is 0.240 e. The number of hydrogen-bond acceptors (Lipinski definition) is 4. The van der Waals surface area contributed by atoms with Gasteiger partial charge in [-0.05, 0) is 53.8 Å². The Morgan fingerprint density at radius 1 is 1.06 bits per heavy atom. The normalized spacial score (nSPS) is 16.8. The van der Waals surface area contributed by atoms with Crippen molar-refractivity contribution >= 4 is 44.3 Å². The van der Waals surface area contributed by atoms with E-state index >= 15 is 0 Å². The van der Waals surface area contributed by atoms with Crippen LogP contribution in [0.2, 0.25) is 5.02 Å². The summed E-state index contributed by atoms with van der Waals surface area (Å²) < 4.78 is 42.8. The molecule has 3 aromatic rings. The van der Waals surface area contributed by atoms with E-state index in [2.05, 4.69) is 4.40 Å². The maximum Gasteiger partial charge on any atom is 0.284 e. The lowest BCUT2D eigenvalue weighted by atomic mass is 9.91. The third-order valence-electron chi connectivity index (χ3n) is 4.97. The average Bonchev–Trinajstić information content (AvgIpc) is 3.24. The first-order chi connectivity index (χ1) is 15.4. The Hall–Kier alpha value is -2.68. The van der Waals surface area contributed by atoms with Crippen LogP contribution in [0.15, 0.2) is 93.3 Å². The van der Waals surface area contributed by atoms with Crippen molar-refractivity contribution in [3.8, 4) is 0 Å². The van der Waals surface area contributed by atoms with Crippen molar-refractivity contribution in [2.75, 3.05) is 12.8 Å². The van der Waals surface area contributed by atoms with Crippen LogP contribution >= 0.6 is 23.4 Å². The molecule has 32 heavy (non-hydrogen) atoms. The van der Waals surface area contributed by atoms with E-state index in [-0.39, 0.29) is 16.0 Å². The van der Waals surface area contributed by atoms with Gasteiger partial charge in [0.15, 0.2) is 5.17 Å². The van der Waals surface area contributed by atoms with Crippen LogP contribution in [0, 0.1) is 5.82 Å². The lowest BCUT2D eigenvalue weighted by Gasteiger charge is -2.17. The van der Waals surface area contributed by atoms with E-state index in [1.54, 1.807) is 23.4 Å². The summed E-state index contributed by atoms with van der Waals surface area (Å²) in [5, 5.41) is 7.20. The predicted molar refractivity (Wildman–Crippen MR) is 128 cm³/mol. The lowest BCUT2D eigenvalue weighted by Crippen LogP contribution is -2.24. The quantitative estimate of drug-likeness (QED) is 0.365. The fraction of sp³-hybridized carbons (Fsp3) is 0.130. The van der Waals surface area contributed by atoms with Gasteiger partial charge in [0.2, 0.25) is 0 Å². The van der Waals surface area contributed by atoms with E-state index in [0.717, 1.165) is 29.0 Å². The fourth-order valence-electron chi connectivity index (χ4n) is 3.40. The van der Waals surface area contributed by atoms with Gasteiger partial charge in [-0.2, -0.15) is 13.5 Å². The third-order valence-corrected chi connectivity index (χ3v) is 7.29. The summed E-state index contributed by atoms with van der Waals surface area (Å²) in [6.07, 6.45) is 1.74. The Kier molecular flexibility index (Phi) is 6.64. The molecule has 0 saturated heterocycles. The molecule has 0 radical (unpaired) electrons. The topological polar surface area (TPSA) is 62.1 Å². The van der Waals surface area contributed by atoms with Crippen LogP contribution in [-0.2, 0) is 10.0 Å². The summed E-state index contributed by atoms with van der Waals surface area (Å²) in [7, 11) is -4.02. The minimum atomic E-state index is -4.02. The molecule has 0 spiro atoms. The summed E-state index contributed by atoms with van der Waals surface area (Å²) >= 11 is 7.23. The molecule has 5 nitrogen and oxygen atoms in total. The van der Waals surface area contributed by atoms with Crippen molar-refractivity contribution in [2.24, 2.45) is 9.50 Å². The van der Waals surface area contributed by atoms with Crippen LogP contribution in [0.4, 0.5) is 4.39 Å². The van der Waals surface area contributed by atoms with Crippen LogP contribution in [-0.4, -0.2) is 37.1 Å². The average molecular weight is 488 g/mol. The molecule has 1 aliphatic heterocycles. The van der Waals surface area contributed by atoms with Gasteiger partial charge >= 0.3 is 0 Å². The largest absolute Gasteiger partial charge is 0.284 e. The van der Waals surface area contributed by atoms with Crippen LogP contribution in [0.1, 0.15) is 17.0 Å². The van der Waals surface area contributed by atoms with E-state index in [4.69, 9.17) is 16.7 Å². The Balaban J connectivity index is 1.73. The van der Waals surface area contributed by atoms with Gasteiger partial charge in [0.05, 0.1) is 17.2 Å². The van der Waals surface area contributed by atoms with E-state index in [1.165, 1.54) is 23.9 Å². The molecule has 0 aliphatic carbocycles. The first-order valence-electron chi connectivity index (χ1n) is 9.69. The highest BCUT2D eigenvalue weighted by Crippen LogP contribution is 2.31. The minimum Gasteiger partial charge on any atom is -0.240 e. The molecule has 1 aliphatic rings. The number of hydrogen-bond donors (Lipinski definition) is 0. The molecular formula is C23H19ClFN3O2S2. The summed E-state index contributed by atoms with van der Waals surface area (Å²) in [6.45, 7) is 0.431. The van der Waals surface area contributed by atoms with Gasteiger partial charge in [0.25, 0.3) is 10.0 Å². The summed E-state index contributed by atoms with van der Waals surface area (Å²) in [5.41, 5.74) is 2.76. The number of rotatable bonds is 4. The molecule has 4 rings (SSSR count). The van der Waals surface area contributed by atoms with Gasteiger partial charge in [0, 0.05) is 10.9 Å². The number of sulfonamides is 1. The van der Waals surface area contributed by atoms with E-state index < -0.39 is 15.8 Å². The van der Waals surface area contributed by atoms with Crippen molar-refractivity contribution in [2.45, 2.75) is 10.8 Å². The second kappa shape index (κ2) is 9.44. The zero-order valence-electron chi connectivity index (χ0n) is 17.0. The number of amidine groups is 1. The van der Waals surface area contributed by atoms with Crippen LogP contribution in [0.5, 0.6) is 0 Å². The van der Waals surface area contributed by atoms with Gasteiger partial charge in [0.1, 0.15) is 5.82 Å². The van der Waals surface area contributed by atoms with Gasteiger partial charge in [-0.15, -0.1) is 4.40 Å². The fourth-order valence-corrected chi connectivity index (χ4v) is 5.33. The van der Waals surface area contributed by atoms with Crippen LogP contribution in [0.3, 0.4) is 0 Å². The van der Waals surface area contributed by atoms with Crippen molar-refractivity contribution in [1.82, 2.24) is 5.01 Å². The summed E-state index contributed by atoms with van der Waals surface area (Å²) in [4.78, 5) is -0.0776. The highest BCUT2D eigenvalue weighted by Gasteiger charge is 2.32. The molecule has 0 saturated carbocycles. The molecule has 1 unspecified atom stereocenters. The molecule has 0 amide bonds. The van der Waals surface area contributed by atoms with Crippen molar-refractivity contribution < 1.29 is 12.8 Å². The monoisotopic (exact) mass is 487 g/mol. The molecule has 3 aromatic carbocycles. The second-order valence-electron chi connectivity index (χ2n) is 7.04. The molecule has 1 atom stereocenters.